The number of halogens is 2. The Morgan fingerprint density at radius 1 is 1.00 bits per heavy atom. The van der Waals surface area contributed by atoms with E-state index < -0.39 is 0 Å². The average molecular weight is 426 g/mol. The van der Waals surface area contributed by atoms with Gasteiger partial charge in [-0.3, -0.25) is 9.59 Å². The molecule has 0 aliphatic rings. The van der Waals surface area contributed by atoms with Crippen LogP contribution < -0.4 is 10.6 Å². The molecule has 0 aromatic heterocycles. The van der Waals surface area contributed by atoms with Gasteiger partial charge < -0.3 is 10.6 Å². The molecule has 0 saturated heterocycles. The van der Waals surface area contributed by atoms with Gasteiger partial charge in [-0.25, -0.2) is 4.39 Å². The molecule has 2 N–H and O–H groups in total. The number of nitrogens with one attached hydrogen (secondary N) is 2. The Morgan fingerprint density at radius 3 is 2.39 bits per heavy atom. The van der Waals surface area contributed by atoms with Crippen LogP contribution in [0.5, 0.6) is 0 Å². The fourth-order valence-electron chi connectivity index (χ4n) is 1.96. The van der Waals surface area contributed by atoms with E-state index in [9.17, 15) is 14.0 Å². The third-order valence-electron chi connectivity index (χ3n) is 3.18. The standard InChI is InChI=1S/C17H16FIN2O2/c18-13-7-5-12(6-8-13)9-10-20-16(22)11-21-17(23)14-3-1-2-4-15(14)19/h1-8H,9-11H2,(H,20,22)(H,21,23). The minimum Gasteiger partial charge on any atom is -0.354 e. The van der Waals surface area contributed by atoms with Crippen molar-refractivity contribution in [1.29, 1.82) is 0 Å². The first-order valence-corrected chi connectivity index (χ1v) is 8.18. The van der Waals surface area contributed by atoms with E-state index in [1.54, 1.807) is 24.3 Å². The molecular weight excluding hydrogens is 410 g/mol. The molecular formula is C17H16FIN2O2. The molecule has 2 amide bonds. The molecule has 6 heteroatoms. The Morgan fingerprint density at radius 2 is 1.70 bits per heavy atom. The number of hydrogen-bond donors (Lipinski definition) is 2. The molecule has 0 bridgehead atoms. The summed E-state index contributed by atoms with van der Waals surface area (Å²) in [6, 6.07) is 13.3. The molecule has 2 aromatic carbocycles. The van der Waals surface area contributed by atoms with Gasteiger partial charge in [-0.2, -0.15) is 0 Å². The second-order valence-corrected chi connectivity index (χ2v) is 6.05. The number of benzene rings is 2. The highest BCUT2D eigenvalue weighted by Crippen LogP contribution is 2.10. The molecule has 4 nitrogen and oxygen atoms in total. The fourth-order valence-corrected chi connectivity index (χ4v) is 2.59. The zero-order valence-corrected chi connectivity index (χ0v) is 14.5. The second kappa shape index (κ2) is 8.61. The van der Waals surface area contributed by atoms with Gasteiger partial charge in [0.1, 0.15) is 5.82 Å². The molecule has 0 saturated carbocycles. The van der Waals surface area contributed by atoms with E-state index in [0.717, 1.165) is 9.13 Å². The van der Waals surface area contributed by atoms with Gasteiger partial charge in [0.15, 0.2) is 0 Å². The number of rotatable bonds is 6. The highest BCUT2D eigenvalue weighted by molar-refractivity contribution is 14.1. The van der Waals surface area contributed by atoms with Crippen LogP contribution in [0.2, 0.25) is 0 Å². The third kappa shape index (κ3) is 5.63. The molecule has 0 unspecified atom stereocenters. The van der Waals surface area contributed by atoms with E-state index in [4.69, 9.17) is 0 Å². The zero-order valence-electron chi connectivity index (χ0n) is 12.3. The SMILES string of the molecule is O=C(CNC(=O)c1ccccc1I)NCCc1ccc(F)cc1. The van der Waals surface area contributed by atoms with Crippen molar-refractivity contribution >= 4 is 34.4 Å². The minimum atomic E-state index is -0.281. The number of carbonyl (C=O) groups excluding carboxylic acids is 2. The van der Waals surface area contributed by atoms with Gasteiger partial charge in [0.2, 0.25) is 5.91 Å². The van der Waals surface area contributed by atoms with E-state index in [2.05, 4.69) is 33.2 Å². The van der Waals surface area contributed by atoms with Crippen molar-refractivity contribution in [2.24, 2.45) is 0 Å². The van der Waals surface area contributed by atoms with Crippen molar-refractivity contribution in [2.45, 2.75) is 6.42 Å². The van der Waals surface area contributed by atoms with E-state index in [-0.39, 0.29) is 24.2 Å². The maximum Gasteiger partial charge on any atom is 0.252 e. The molecule has 2 rings (SSSR count). The lowest BCUT2D eigenvalue weighted by atomic mass is 10.1. The van der Waals surface area contributed by atoms with Gasteiger partial charge in [-0.05, 0) is 58.8 Å². The molecule has 0 aliphatic carbocycles. The van der Waals surface area contributed by atoms with Gasteiger partial charge in [-0.15, -0.1) is 0 Å². The van der Waals surface area contributed by atoms with Gasteiger partial charge in [0.25, 0.3) is 5.91 Å². The van der Waals surface area contributed by atoms with Gasteiger partial charge >= 0.3 is 0 Å². The van der Waals surface area contributed by atoms with E-state index in [0.29, 0.717) is 18.5 Å². The van der Waals surface area contributed by atoms with Crippen LogP contribution in [-0.2, 0) is 11.2 Å². The van der Waals surface area contributed by atoms with Crippen LogP contribution in [0.4, 0.5) is 4.39 Å². The monoisotopic (exact) mass is 426 g/mol. The van der Waals surface area contributed by atoms with E-state index >= 15 is 0 Å². The number of carbonyl (C=O) groups is 2. The maximum atomic E-state index is 12.8. The Bertz CT molecular complexity index is 689. The van der Waals surface area contributed by atoms with Crippen LogP contribution in [-0.4, -0.2) is 24.9 Å². The molecule has 23 heavy (non-hydrogen) atoms. The molecule has 120 valence electrons. The molecule has 0 heterocycles. The van der Waals surface area contributed by atoms with E-state index in [1.165, 1.54) is 12.1 Å². The zero-order chi connectivity index (χ0) is 16.7. The van der Waals surface area contributed by atoms with Crippen molar-refractivity contribution in [3.63, 3.8) is 0 Å². The number of hydrogen-bond acceptors (Lipinski definition) is 2. The third-order valence-corrected chi connectivity index (χ3v) is 4.12. The molecule has 2 aromatic rings. The Labute approximate surface area is 147 Å². The average Bonchev–Trinajstić information content (AvgIpc) is 2.55. The van der Waals surface area contributed by atoms with Crippen LogP contribution >= 0.6 is 22.6 Å². The summed E-state index contributed by atoms with van der Waals surface area (Å²) in [5.74, 6) is -0.814. The molecule has 0 radical (unpaired) electrons. The van der Waals surface area contributed by atoms with E-state index in [1.807, 2.05) is 12.1 Å². The van der Waals surface area contributed by atoms with Crippen LogP contribution in [0.3, 0.4) is 0 Å². The highest BCUT2D eigenvalue weighted by atomic mass is 127. The topological polar surface area (TPSA) is 58.2 Å². The lowest BCUT2D eigenvalue weighted by molar-refractivity contribution is -0.120. The Balaban J connectivity index is 1.72. The first kappa shape index (κ1) is 17.4. The summed E-state index contributed by atoms with van der Waals surface area (Å²) in [6.07, 6.45) is 0.608. The molecule has 0 fully saturated rings. The summed E-state index contributed by atoms with van der Waals surface area (Å²) < 4.78 is 13.6. The molecule has 0 atom stereocenters. The maximum absolute atomic E-state index is 12.8. The van der Waals surface area contributed by atoms with Crippen LogP contribution in [0.1, 0.15) is 15.9 Å². The first-order valence-electron chi connectivity index (χ1n) is 7.10. The summed E-state index contributed by atoms with van der Waals surface area (Å²) in [7, 11) is 0. The Kier molecular flexibility index (Phi) is 6.52. The van der Waals surface area contributed by atoms with Crippen molar-refractivity contribution in [1.82, 2.24) is 10.6 Å². The Hall–Kier alpha value is -1.96. The minimum absolute atomic E-state index is 0.0762. The number of amides is 2. The molecule has 0 aliphatic heterocycles. The predicted octanol–water partition coefficient (Wildman–Crippen LogP) is 2.52. The summed E-state index contributed by atoms with van der Waals surface area (Å²) in [4.78, 5) is 23.7. The normalized spacial score (nSPS) is 10.2. The summed E-state index contributed by atoms with van der Waals surface area (Å²) >= 11 is 2.08. The van der Waals surface area contributed by atoms with Gasteiger partial charge in [-0.1, -0.05) is 24.3 Å². The lowest BCUT2D eigenvalue weighted by Crippen LogP contribution is -2.37. The van der Waals surface area contributed by atoms with Crippen molar-refractivity contribution in [3.05, 3.63) is 69.0 Å². The summed E-state index contributed by atoms with van der Waals surface area (Å²) in [5, 5.41) is 5.31. The lowest BCUT2D eigenvalue weighted by Gasteiger charge is -2.08. The van der Waals surface area contributed by atoms with Crippen LogP contribution in [0, 0.1) is 9.39 Å². The van der Waals surface area contributed by atoms with Gasteiger partial charge in [0, 0.05) is 10.1 Å². The van der Waals surface area contributed by atoms with Gasteiger partial charge in [0.05, 0.1) is 12.1 Å². The quantitative estimate of drug-likeness (QED) is 0.698. The van der Waals surface area contributed by atoms with Crippen LogP contribution in [0.15, 0.2) is 48.5 Å². The predicted molar refractivity (Wildman–Crippen MR) is 94.6 cm³/mol. The van der Waals surface area contributed by atoms with Crippen molar-refractivity contribution in [2.75, 3.05) is 13.1 Å². The summed E-state index contributed by atoms with van der Waals surface area (Å²) in [5.41, 5.74) is 1.49. The highest BCUT2D eigenvalue weighted by Gasteiger charge is 2.10. The second-order valence-electron chi connectivity index (χ2n) is 4.89. The van der Waals surface area contributed by atoms with Crippen molar-refractivity contribution < 1.29 is 14.0 Å². The van der Waals surface area contributed by atoms with Crippen LogP contribution in [0.25, 0.3) is 0 Å². The summed E-state index contributed by atoms with van der Waals surface area (Å²) in [6.45, 7) is 0.358. The smallest absolute Gasteiger partial charge is 0.252 e. The largest absolute Gasteiger partial charge is 0.354 e. The molecule has 0 spiro atoms. The van der Waals surface area contributed by atoms with Crippen molar-refractivity contribution in [3.8, 4) is 0 Å². The first-order chi connectivity index (χ1) is 11.1. The fraction of sp³-hybridized carbons (Fsp3) is 0.176.